The normalized spacial score (nSPS) is 10.7. The van der Waals surface area contributed by atoms with E-state index >= 15 is 0 Å². The Morgan fingerprint density at radius 1 is 1.14 bits per heavy atom. The molecule has 2 heterocycles. The second kappa shape index (κ2) is 6.36. The lowest BCUT2D eigenvalue weighted by molar-refractivity contribution is 0.0514. The topological polar surface area (TPSA) is 57.0 Å². The number of ether oxygens (including phenoxy) is 2. The quantitative estimate of drug-likeness (QED) is 0.640. The van der Waals surface area contributed by atoms with Gasteiger partial charge >= 0.3 is 11.9 Å². The van der Waals surface area contributed by atoms with Crippen LogP contribution in [0.25, 0.3) is 5.52 Å². The Hall–Kier alpha value is -2.08. The molecule has 0 fully saturated rings. The number of nitrogens with zero attached hydrogens (tertiary/aromatic N) is 1. The summed E-state index contributed by atoms with van der Waals surface area (Å²) in [6.45, 7) is 7.70. The smallest absolute Gasteiger partial charge is 0.353 e. The van der Waals surface area contributed by atoms with Gasteiger partial charge < -0.3 is 26.5 Å². The van der Waals surface area contributed by atoms with Gasteiger partial charge in [-0.2, -0.15) is 0 Å². The molecule has 0 radical (unpaired) electrons. The molecular weight excluding hydrogens is 302 g/mol. The van der Waals surface area contributed by atoms with Crippen LogP contribution in [0.1, 0.15) is 45.8 Å². The SMILES string of the molecule is CCOC(=O)c1c([S-])c(C(=O)OCC)n2cc(C)cc(C)c12. The van der Waals surface area contributed by atoms with E-state index in [-0.39, 0.29) is 29.4 Å². The number of fused-ring (bicyclic) bond motifs is 1. The molecule has 0 N–H and O–H groups in total. The van der Waals surface area contributed by atoms with E-state index in [4.69, 9.17) is 22.1 Å². The Balaban J connectivity index is 2.82. The zero-order valence-electron chi connectivity index (χ0n) is 13.1. The van der Waals surface area contributed by atoms with Crippen molar-refractivity contribution in [1.82, 2.24) is 4.40 Å². The van der Waals surface area contributed by atoms with Gasteiger partial charge in [0.2, 0.25) is 0 Å². The van der Waals surface area contributed by atoms with Crippen molar-refractivity contribution in [3.05, 3.63) is 34.6 Å². The van der Waals surface area contributed by atoms with E-state index in [1.807, 2.05) is 19.9 Å². The molecule has 0 amide bonds. The van der Waals surface area contributed by atoms with Crippen LogP contribution in [0.4, 0.5) is 0 Å². The summed E-state index contributed by atoms with van der Waals surface area (Å²) in [7, 11) is 0. The van der Waals surface area contributed by atoms with Crippen LogP contribution in [0, 0.1) is 13.8 Å². The van der Waals surface area contributed by atoms with Crippen molar-refractivity contribution < 1.29 is 19.1 Å². The molecule has 2 rings (SSSR count). The predicted molar refractivity (Wildman–Crippen MR) is 84.4 cm³/mol. The molecule has 0 spiro atoms. The standard InChI is InChI=1S/C16H19NO4S/c1-5-20-15(18)11-12-10(4)7-9(3)8-17(12)13(14(11)22)16(19)21-6-2/h7-8,22H,5-6H2,1-4H3/p-1. The summed E-state index contributed by atoms with van der Waals surface area (Å²) in [5.41, 5.74) is 2.84. The van der Waals surface area contributed by atoms with E-state index < -0.39 is 11.9 Å². The van der Waals surface area contributed by atoms with E-state index in [1.54, 1.807) is 24.4 Å². The minimum atomic E-state index is -0.539. The highest BCUT2D eigenvalue weighted by Crippen LogP contribution is 2.28. The number of aromatic nitrogens is 1. The molecule has 0 aliphatic rings. The van der Waals surface area contributed by atoms with Gasteiger partial charge in [-0.05, 0) is 38.8 Å². The molecule has 0 atom stereocenters. The second-order valence-corrected chi connectivity index (χ2v) is 5.32. The summed E-state index contributed by atoms with van der Waals surface area (Å²) in [6.07, 6.45) is 1.77. The average molecular weight is 320 g/mol. The Bertz CT molecular complexity index is 748. The lowest BCUT2D eigenvalue weighted by atomic mass is 10.1. The molecule has 2 aromatic rings. The number of esters is 2. The third kappa shape index (κ3) is 2.66. The highest BCUT2D eigenvalue weighted by atomic mass is 32.1. The molecule has 0 bridgehead atoms. The van der Waals surface area contributed by atoms with E-state index in [0.29, 0.717) is 5.52 Å². The van der Waals surface area contributed by atoms with Crippen molar-refractivity contribution in [3.8, 4) is 0 Å². The third-order valence-electron chi connectivity index (χ3n) is 3.26. The van der Waals surface area contributed by atoms with E-state index in [0.717, 1.165) is 11.1 Å². The first-order valence-corrected chi connectivity index (χ1v) is 7.49. The molecular formula is C16H18NO4S-. The van der Waals surface area contributed by atoms with Gasteiger partial charge in [-0.15, -0.1) is 4.90 Å². The summed E-state index contributed by atoms with van der Waals surface area (Å²) >= 11 is 5.35. The molecule has 22 heavy (non-hydrogen) atoms. The maximum Gasteiger partial charge on any atom is 0.353 e. The number of pyridine rings is 1. The minimum Gasteiger partial charge on any atom is -0.777 e. The van der Waals surface area contributed by atoms with E-state index in [1.165, 1.54) is 0 Å². The van der Waals surface area contributed by atoms with Crippen molar-refractivity contribution >= 4 is 30.1 Å². The molecule has 0 aliphatic carbocycles. The number of carbonyl (C=O) groups is 2. The van der Waals surface area contributed by atoms with Gasteiger partial charge in [0.05, 0.1) is 24.3 Å². The predicted octanol–water partition coefficient (Wildman–Crippen LogP) is 2.82. The fraction of sp³-hybridized carbons (Fsp3) is 0.375. The van der Waals surface area contributed by atoms with Crippen LogP contribution in [0.5, 0.6) is 0 Å². The zero-order valence-corrected chi connectivity index (χ0v) is 13.9. The summed E-state index contributed by atoms with van der Waals surface area (Å²) < 4.78 is 11.8. The molecule has 0 unspecified atom stereocenters. The van der Waals surface area contributed by atoms with Crippen LogP contribution < -0.4 is 0 Å². The Labute approximate surface area is 134 Å². The average Bonchev–Trinajstić information content (AvgIpc) is 2.71. The fourth-order valence-electron chi connectivity index (χ4n) is 2.52. The van der Waals surface area contributed by atoms with Gasteiger partial charge in [0.1, 0.15) is 5.69 Å². The summed E-state index contributed by atoms with van der Waals surface area (Å²) in [5.74, 6) is -1.06. The maximum atomic E-state index is 12.3. The second-order valence-electron chi connectivity index (χ2n) is 4.91. The van der Waals surface area contributed by atoms with Gasteiger partial charge in [-0.25, -0.2) is 9.59 Å². The number of rotatable bonds is 4. The van der Waals surface area contributed by atoms with Gasteiger partial charge in [0.15, 0.2) is 0 Å². The van der Waals surface area contributed by atoms with Crippen molar-refractivity contribution in [2.75, 3.05) is 13.2 Å². The van der Waals surface area contributed by atoms with Crippen molar-refractivity contribution in [2.24, 2.45) is 0 Å². The highest BCUT2D eigenvalue weighted by Gasteiger charge is 2.23. The molecule has 6 heteroatoms. The first-order chi connectivity index (χ1) is 10.4. The monoisotopic (exact) mass is 320 g/mol. The Morgan fingerprint density at radius 2 is 1.73 bits per heavy atom. The minimum absolute atomic E-state index is 0.172. The first-order valence-electron chi connectivity index (χ1n) is 7.08. The van der Waals surface area contributed by atoms with E-state index in [9.17, 15) is 9.59 Å². The molecule has 5 nitrogen and oxygen atoms in total. The van der Waals surface area contributed by atoms with Gasteiger partial charge in [0.25, 0.3) is 0 Å². The van der Waals surface area contributed by atoms with Crippen LogP contribution in [0.15, 0.2) is 17.2 Å². The lowest BCUT2D eigenvalue weighted by Gasteiger charge is -2.10. The molecule has 0 aromatic carbocycles. The fourth-order valence-corrected chi connectivity index (χ4v) is 2.88. The third-order valence-corrected chi connectivity index (χ3v) is 3.66. The highest BCUT2D eigenvalue weighted by molar-refractivity contribution is 7.59. The van der Waals surface area contributed by atoms with Crippen LogP contribution in [0.2, 0.25) is 0 Å². The van der Waals surface area contributed by atoms with Gasteiger partial charge in [0, 0.05) is 6.20 Å². The number of aryl methyl sites for hydroxylation is 2. The molecule has 118 valence electrons. The summed E-state index contributed by atoms with van der Waals surface area (Å²) in [6, 6.07) is 1.93. The molecule has 0 saturated carbocycles. The molecule has 0 aliphatic heterocycles. The van der Waals surface area contributed by atoms with Crippen LogP contribution in [0.3, 0.4) is 0 Å². The number of hydrogen-bond acceptors (Lipinski definition) is 5. The number of carbonyl (C=O) groups excluding carboxylic acids is 2. The summed E-state index contributed by atoms with van der Waals surface area (Å²) in [4.78, 5) is 24.7. The van der Waals surface area contributed by atoms with Gasteiger partial charge in [-0.1, -0.05) is 6.07 Å². The first kappa shape index (κ1) is 16.3. The Kier molecular flexibility index (Phi) is 4.71. The maximum absolute atomic E-state index is 12.3. The number of hydrogen-bond donors (Lipinski definition) is 0. The van der Waals surface area contributed by atoms with E-state index in [2.05, 4.69) is 0 Å². The zero-order chi connectivity index (χ0) is 16.4. The van der Waals surface area contributed by atoms with Crippen molar-refractivity contribution in [1.29, 1.82) is 0 Å². The van der Waals surface area contributed by atoms with Crippen molar-refractivity contribution in [2.45, 2.75) is 32.6 Å². The molecule has 0 saturated heterocycles. The van der Waals surface area contributed by atoms with Crippen LogP contribution in [-0.2, 0) is 22.1 Å². The largest absolute Gasteiger partial charge is 0.777 e. The van der Waals surface area contributed by atoms with Gasteiger partial charge in [-0.3, -0.25) is 0 Å². The Morgan fingerprint density at radius 3 is 2.32 bits per heavy atom. The van der Waals surface area contributed by atoms with Crippen LogP contribution >= 0.6 is 0 Å². The lowest BCUT2D eigenvalue weighted by Crippen LogP contribution is -2.10. The summed E-state index contributed by atoms with van der Waals surface area (Å²) in [5, 5.41) is 0. The van der Waals surface area contributed by atoms with Crippen molar-refractivity contribution in [3.63, 3.8) is 0 Å². The van der Waals surface area contributed by atoms with Crippen LogP contribution in [-0.4, -0.2) is 29.6 Å². The molecule has 2 aromatic heterocycles.